The Kier molecular flexibility index (Phi) is 3.43. The molecule has 0 saturated carbocycles. The fourth-order valence-corrected chi connectivity index (χ4v) is 1.41. The van der Waals surface area contributed by atoms with Crippen molar-refractivity contribution in [3.8, 4) is 11.8 Å². The first-order chi connectivity index (χ1) is 5.88. The molecule has 1 aromatic rings. The van der Waals surface area contributed by atoms with Gasteiger partial charge in [0, 0.05) is 10.5 Å². The highest BCUT2D eigenvalue weighted by Crippen LogP contribution is 2.18. The van der Waals surface area contributed by atoms with E-state index in [1.165, 1.54) is 0 Å². The fraction of sp³-hybridized carbons (Fsp3) is 0.100. The van der Waals surface area contributed by atoms with Gasteiger partial charge in [-0.15, -0.1) is 11.8 Å². The van der Waals surface area contributed by atoms with E-state index in [9.17, 15) is 4.79 Å². The van der Waals surface area contributed by atoms with E-state index in [1.807, 2.05) is 30.5 Å². The lowest BCUT2D eigenvalue weighted by molar-refractivity contribution is -0.103. The molecule has 12 heavy (non-hydrogen) atoms. The third-order valence-electron chi connectivity index (χ3n) is 1.37. The molecule has 0 heterocycles. The second-order valence-corrected chi connectivity index (χ2v) is 2.94. The highest BCUT2D eigenvalue weighted by atomic mass is 32.2. The van der Waals surface area contributed by atoms with Gasteiger partial charge in [0.05, 0.1) is 0 Å². The van der Waals surface area contributed by atoms with Gasteiger partial charge in [0.2, 0.25) is 0 Å². The molecule has 1 aromatic carbocycles. The topological polar surface area (TPSA) is 17.1 Å². The molecule has 1 rings (SSSR count). The average molecular weight is 176 g/mol. The van der Waals surface area contributed by atoms with Gasteiger partial charge in [0.25, 0.3) is 0 Å². The van der Waals surface area contributed by atoms with Crippen molar-refractivity contribution >= 4 is 18.0 Å². The van der Waals surface area contributed by atoms with Crippen LogP contribution in [0.15, 0.2) is 29.2 Å². The van der Waals surface area contributed by atoms with Crippen LogP contribution >= 0.6 is 11.8 Å². The number of thioether (sulfide) groups is 1. The van der Waals surface area contributed by atoms with Crippen molar-refractivity contribution in [3.05, 3.63) is 29.8 Å². The number of carbonyl (C=O) groups is 1. The van der Waals surface area contributed by atoms with Gasteiger partial charge in [0.1, 0.15) is 0 Å². The van der Waals surface area contributed by atoms with E-state index in [2.05, 4.69) is 11.8 Å². The Bertz CT molecular complexity index is 333. The van der Waals surface area contributed by atoms with Crippen LogP contribution in [0.5, 0.6) is 0 Å². The summed E-state index contributed by atoms with van der Waals surface area (Å²) in [5.41, 5.74) is 0.914. The molecule has 2 heteroatoms. The van der Waals surface area contributed by atoms with Crippen LogP contribution < -0.4 is 0 Å². The summed E-state index contributed by atoms with van der Waals surface area (Å²) in [5, 5.41) is 0. The van der Waals surface area contributed by atoms with E-state index in [0.29, 0.717) is 6.29 Å². The van der Waals surface area contributed by atoms with Crippen molar-refractivity contribution in [2.24, 2.45) is 0 Å². The largest absolute Gasteiger partial charge is 0.289 e. The Morgan fingerprint density at radius 2 is 2.17 bits per heavy atom. The van der Waals surface area contributed by atoms with Gasteiger partial charge in [-0.2, -0.15) is 0 Å². The van der Waals surface area contributed by atoms with Crippen molar-refractivity contribution in [2.45, 2.75) is 4.90 Å². The standard InChI is InChI=1S/C10H8OS/c1-12-10-7-3-2-5-9(10)6-4-8-11/h2-3,5,7-8H,1H3. The Morgan fingerprint density at radius 1 is 1.42 bits per heavy atom. The summed E-state index contributed by atoms with van der Waals surface area (Å²) in [6.07, 6.45) is 2.60. The maximum absolute atomic E-state index is 10.00. The Balaban J connectivity index is 3.04. The molecule has 0 aromatic heterocycles. The average Bonchev–Trinajstić information content (AvgIpc) is 2.15. The Labute approximate surface area is 76.2 Å². The van der Waals surface area contributed by atoms with Gasteiger partial charge in [-0.3, -0.25) is 4.79 Å². The Hall–Kier alpha value is -1.20. The molecule has 0 aliphatic rings. The van der Waals surface area contributed by atoms with E-state index in [1.54, 1.807) is 11.8 Å². The zero-order valence-electron chi connectivity index (χ0n) is 6.70. The molecule has 0 bridgehead atoms. The summed E-state index contributed by atoms with van der Waals surface area (Å²) < 4.78 is 0. The number of aldehydes is 1. The van der Waals surface area contributed by atoms with Gasteiger partial charge in [-0.1, -0.05) is 18.1 Å². The zero-order valence-corrected chi connectivity index (χ0v) is 7.52. The lowest BCUT2D eigenvalue weighted by Crippen LogP contribution is -1.78. The van der Waals surface area contributed by atoms with Gasteiger partial charge < -0.3 is 0 Å². The van der Waals surface area contributed by atoms with Gasteiger partial charge in [-0.25, -0.2) is 0 Å². The molecule has 0 unspecified atom stereocenters. The summed E-state index contributed by atoms with van der Waals surface area (Å²) in [7, 11) is 0. The van der Waals surface area contributed by atoms with Crippen LogP contribution in [0.2, 0.25) is 0 Å². The molecule has 0 spiro atoms. The molecular weight excluding hydrogens is 168 g/mol. The highest BCUT2D eigenvalue weighted by molar-refractivity contribution is 7.98. The number of hydrogen-bond acceptors (Lipinski definition) is 2. The van der Waals surface area contributed by atoms with E-state index in [-0.39, 0.29) is 0 Å². The second kappa shape index (κ2) is 4.63. The maximum atomic E-state index is 10.00. The van der Waals surface area contributed by atoms with Crippen LogP contribution in [-0.2, 0) is 4.79 Å². The zero-order chi connectivity index (χ0) is 8.81. The summed E-state index contributed by atoms with van der Waals surface area (Å²) in [4.78, 5) is 11.1. The predicted octanol–water partition coefficient (Wildman–Crippen LogP) is 1.96. The molecule has 1 nitrogen and oxygen atoms in total. The first-order valence-electron chi connectivity index (χ1n) is 3.46. The predicted molar refractivity (Wildman–Crippen MR) is 51.2 cm³/mol. The molecular formula is C10H8OS. The second-order valence-electron chi connectivity index (χ2n) is 2.09. The molecule has 0 saturated heterocycles. The van der Waals surface area contributed by atoms with Crippen LogP contribution in [0, 0.1) is 11.8 Å². The summed E-state index contributed by atoms with van der Waals surface area (Å²) in [5.74, 6) is 5.17. The SMILES string of the molecule is CSc1ccccc1C#CC=O. The molecule has 0 radical (unpaired) electrons. The first kappa shape index (κ1) is 8.89. The van der Waals surface area contributed by atoms with Crippen molar-refractivity contribution in [1.82, 2.24) is 0 Å². The molecule has 60 valence electrons. The number of hydrogen-bond donors (Lipinski definition) is 0. The number of benzene rings is 1. The molecule has 0 aliphatic heterocycles. The molecule has 0 N–H and O–H groups in total. The minimum Gasteiger partial charge on any atom is -0.289 e. The van der Waals surface area contributed by atoms with Gasteiger partial charge in [-0.05, 0) is 24.3 Å². The highest BCUT2D eigenvalue weighted by Gasteiger charge is 1.94. The summed E-state index contributed by atoms with van der Waals surface area (Å²) in [6.45, 7) is 0. The molecule has 0 aliphatic carbocycles. The van der Waals surface area contributed by atoms with Crippen LogP contribution in [0.4, 0.5) is 0 Å². The summed E-state index contributed by atoms with van der Waals surface area (Å²) >= 11 is 1.63. The van der Waals surface area contributed by atoms with Crippen molar-refractivity contribution < 1.29 is 4.79 Å². The van der Waals surface area contributed by atoms with Crippen molar-refractivity contribution in [3.63, 3.8) is 0 Å². The van der Waals surface area contributed by atoms with Gasteiger partial charge >= 0.3 is 0 Å². The van der Waals surface area contributed by atoms with Crippen molar-refractivity contribution in [2.75, 3.05) is 6.26 Å². The minimum atomic E-state index is 0.608. The van der Waals surface area contributed by atoms with E-state index in [0.717, 1.165) is 10.5 Å². The first-order valence-corrected chi connectivity index (χ1v) is 4.69. The van der Waals surface area contributed by atoms with E-state index >= 15 is 0 Å². The normalized spacial score (nSPS) is 8.42. The fourth-order valence-electron chi connectivity index (χ4n) is 0.855. The molecule has 0 amide bonds. The number of rotatable bonds is 1. The lowest BCUT2D eigenvalue weighted by atomic mass is 10.2. The summed E-state index contributed by atoms with van der Waals surface area (Å²) in [6, 6.07) is 7.76. The third-order valence-corrected chi connectivity index (χ3v) is 2.17. The Morgan fingerprint density at radius 3 is 2.83 bits per heavy atom. The quantitative estimate of drug-likeness (QED) is 0.369. The van der Waals surface area contributed by atoms with Gasteiger partial charge in [0.15, 0.2) is 6.29 Å². The molecule has 0 fully saturated rings. The third kappa shape index (κ3) is 2.14. The smallest absolute Gasteiger partial charge is 0.193 e. The monoisotopic (exact) mass is 176 g/mol. The van der Waals surface area contributed by atoms with Crippen LogP contribution in [0.25, 0.3) is 0 Å². The van der Waals surface area contributed by atoms with Crippen molar-refractivity contribution in [1.29, 1.82) is 0 Å². The van der Waals surface area contributed by atoms with E-state index < -0.39 is 0 Å². The maximum Gasteiger partial charge on any atom is 0.193 e. The van der Waals surface area contributed by atoms with Crippen LogP contribution in [0.1, 0.15) is 5.56 Å². The lowest BCUT2D eigenvalue weighted by Gasteiger charge is -1.97. The number of carbonyl (C=O) groups excluding carboxylic acids is 1. The van der Waals surface area contributed by atoms with Crippen LogP contribution in [-0.4, -0.2) is 12.5 Å². The minimum absolute atomic E-state index is 0.608. The molecule has 0 atom stereocenters. The van der Waals surface area contributed by atoms with Crippen LogP contribution in [0.3, 0.4) is 0 Å². The van der Waals surface area contributed by atoms with E-state index in [4.69, 9.17) is 0 Å².